The van der Waals surface area contributed by atoms with Crippen LogP contribution in [0.25, 0.3) is 0 Å². The number of carbonyl (C=O) groups is 3. The average molecular weight is 531 g/mol. The Bertz CT molecular complexity index is 1190. The van der Waals surface area contributed by atoms with Crippen molar-refractivity contribution >= 4 is 70.8 Å². The Morgan fingerprint density at radius 1 is 1.39 bits per heavy atom. The number of pyridine rings is 1. The molecule has 4 rings (SSSR count). The third kappa shape index (κ3) is 3.78. The van der Waals surface area contributed by atoms with Crippen molar-refractivity contribution in [3.8, 4) is 0 Å². The Kier molecular flexibility index (Phi) is 6.14. The van der Waals surface area contributed by atoms with E-state index in [1.165, 1.54) is 52.0 Å². The van der Waals surface area contributed by atoms with Crippen molar-refractivity contribution in [3.05, 3.63) is 37.7 Å². The monoisotopic (exact) mass is 530 g/mol. The number of hydrogen-bond acceptors (Lipinski definition) is 10. The number of rotatable bonds is 5. The predicted octanol–water partition coefficient (Wildman–Crippen LogP) is 0.754. The molecule has 2 aliphatic rings. The second-order valence-corrected chi connectivity index (χ2v) is 11.0. The van der Waals surface area contributed by atoms with Crippen molar-refractivity contribution in [2.24, 2.45) is 5.41 Å². The van der Waals surface area contributed by atoms with Gasteiger partial charge in [0, 0.05) is 25.4 Å². The lowest BCUT2D eigenvalue weighted by Gasteiger charge is -2.56. The molecule has 3 N–H and O–H groups in total. The molecule has 11 nitrogen and oxygen atoms in total. The average Bonchev–Trinajstić information content (AvgIpc) is 3.19. The molecule has 176 valence electrons. The lowest BCUT2D eigenvalue weighted by Crippen LogP contribution is -2.76. The van der Waals surface area contributed by atoms with E-state index in [1.54, 1.807) is 6.92 Å². The van der Waals surface area contributed by atoms with Crippen LogP contribution in [0.5, 0.6) is 0 Å². The molecule has 2 aliphatic heterocycles. The van der Waals surface area contributed by atoms with Gasteiger partial charge in [0.05, 0.1) is 17.1 Å². The van der Waals surface area contributed by atoms with Gasteiger partial charge in [-0.1, -0.05) is 11.6 Å². The second kappa shape index (κ2) is 8.49. The van der Waals surface area contributed by atoms with Crippen molar-refractivity contribution in [1.82, 2.24) is 19.8 Å². The number of carbonyl (C=O) groups excluding carboxylic acids is 2. The SMILES string of the molecule is CC(=O)N(C1C(=O)N2CC(C(=O)O)(C(S)c3nnc(C)s3)CS[C@H]12)n1cc(N)c(=O)c(Cl)c1. The molecule has 0 aromatic carbocycles. The minimum Gasteiger partial charge on any atom is -0.481 e. The number of nitrogen functional groups attached to an aromatic ring is 1. The number of nitrogens with zero attached hydrogens (tertiary/aromatic N) is 5. The maximum absolute atomic E-state index is 13.2. The van der Waals surface area contributed by atoms with E-state index in [9.17, 15) is 24.3 Å². The number of halogens is 1. The van der Waals surface area contributed by atoms with Crippen molar-refractivity contribution in [3.63, 3.8) is 0 Å². The largest absolute Gasteiger partial charge is 0.481 e. The number of nitrogens with two attached hydrogens (primary N) is 1. The third-order valence-corrected chi connectivity index (χ3v) is 9.26. The summed E-state index contributed by atoms with van der Waals surface area (Å²) >= 11 is 13.0. The van der Waals surface area contributed by atoms with Gasteiger partial charge in [-0.2, -0.15) is 12.6 Å². The second-order valence-electron chi connectivity index (χ2n) is 7.77. The van der Waals surface area contributed by atoms with Gasteiger partial charge >= 0.3 is 5.97 Å². The highest BCUT2D eigenvalue weighted by Crippen LogP contribution is 2.51. The number of aromatic nitrogens is 3. The quantitative estimate of drug-likeness (QED) is 0.375. The topological polar surface area (TPSA) is 152 Å². The van der Waals surface area contributed by atoms with Gasteiger partial charge in [0.2, 0.25) is 11.3 Å². The van der Waals surface area contributed by atoms with Gasteiger partial charge in [0.25, 0.3) is 5.91 Å². The van der Waals surface area contributed by atoms with E-state index in [-0.39, 0.29) is 23.0 Å². The fourth-order valence-corrected chi connectivity index (χ4v) is 7.16. The van der Waals surface area contributed by atoms with E-state index in [4.69, 9.17) is 17.3 Å². The van der Waals surface area contributed by atoms with Gasteiger partial charge in [-0.15, -0.1) is 33.3 Å². The van der Waals surface area contributed by atoms with Crippen molar-refractivity contribution in [2.45, 2.75) is 30.5 Å². The van der Waals surface area contributed by atoms with Crippen LogP contribution in [0.15, 0.2) is 17.2 Å². The predicted molar refractivity (Wildman–Crippen MR) is 127 cm³/mol. The van der Waals surface area contributed by atoms with E-state index in [0.717, 1.165) is 5.01 Å². The number of carboxylic acids is 1. The Hall–Kier alpha value is -2.29. The van der Waals surface area contributed by atoms with Gasteiger partial charge in [0.1, 0.15) is 25.8 Å². The van der Waals surface area contributed by atoms with Crippen LogP contribution >= 0.6 is 47.3 Å². The molecule has 0 radical (unpaired) electrons. The third-order valence-electron chi connectivity index (χ3n) is 5.63. The number of anilines is 1. The highest BCUT2D eigenvalue weighted by Gasteiger charge is 2.62. The first-order valence-corrected chi connectivity index (χ1v) is 12.3. The molecule has 3 unspecified atom stereocenters. The number of thiol groups is 1. The summed E-state index contributed by atoms with van der Waals surface area (Å²) in [5.41, 5.74) is 3.56. The first-order chi connectivity index (χ1) is 15.5. The molecule has 0 aliphatic carbocycles. The van der Waals surface area contributed by atoms with Gasteiger partial charge in [0.15, 0.2) is 6.04 Å². The zero-order valence-corrected chi connectivity index (χ0v) is 20.6. The van der Waals surface area contributed by atoms with Crippen LogP contribution < -0.4 is 16.2 Å². The lowest BCUT2D eigenvalue weighted by molar-refractivity contribution is -0.158. The molecule has 0 saturated carbocycles. The summed E-state index contributed by atoms with van der Waals surface area (Å²) in [7, 11) is 0. The highest BCUT2D eigenvalue weighted by molar-refractivity contribution is 8.00. The molecule has 15 heteroatoms. The molecule has 2 fully saturated rings. The van der Waals surface area contributed by atoms with E-state index in [1.807, 2.05) is 0 Å². The number of carboxylic acid groups (broad SMARTS) is 1. The van der Waals surface area contributed by atoms with Gasteiger partial charge < -0.3 is 15.7 Å². The van der Waals surface area contributed by atoms with Crippen LogP contribution in [0.3, 0.4) is 0 Å². The number of aliphatic carboxylic acids is 1. The maximum atomic E-state index is 13.2. The number of hydrogen-bond donors (Lipinski definition) is 3. The van der Waals surface area contributed by atoms with E-state index < -0.39 is 45.3 Å². The number of thioether (sulfide) groups is 1. The molecule has 4 heterocycles. The minimum absolute atomic E-state index is 0.0963. The number of amides is 2. The summed E-state index contributed by atoms with van der Waals surface area (Å²) in [6, 6.07) is -0.917. The van der Waals surface area contributed by atoms with Crippen LogP contribution in [-0.4, -0.2) is 66.4 Å². The molecule has 0 spiro atoms. The number of fused-ring (bicyclic) bond motifs is 1. The number of aryl methyl sites for hydroxylation is 1. The first-order valence-electron chi connectivity index (χ1n) is 9.59. The highest BCUT2D eigenvalue weighted by atomic mass is 35.5. The molecular weight excluding hydrogens is 512 g/mol. The Labute approximate surface area is 206 Å². The molecule has 4 atom stereocenters. The van der Waals surface area contributed by atoms with Crippen molar-refractivity contribution < 1.29 is 19.5 Å². The fraction of sp³-hybridized carbons (Fsp3) is 0.444. The van der Waals surface area contributed by atoms with Crippen LogP contribution in [-0.2, 0) is 14.4 Å². The Morgan fingerprint density at radius 2 is 2.09 bits per heavy atom. The van der Waals surface area contributed by atoms with Gasteiger partial charge in [-0.25, -0.2) is 5.01 Å². The summed E-state index contributed by atoms with van der Waals surface area (Å²) in [5.74, 6) is -1.87. The maximum Gasteiger partial charge on any atom is 0.313 e. The van der Waals surface area contributed by atoms with Crippen LogP contribution in [0.2, 0.25) is 5.02 Å². The van der Waals surface area contributed by atoms with Crippen molar-refractivity contribution in [2.75, 3.05) is 23.0 Å². The molecular formula is C18H19ClN6O5S3. The molecule has 2 aromatic heterocycles. The zero-order chi connectivity index (χ0) is 24.2. The van der Waals surface area contributed by atoms with Crippen molar-refractivity contribution in [1.29, 1.82) is 0 Å². The zero-order valence-electron chi connectivity index (χ0n) is 17.3. The van der Waals surface area contributed by atoms with Gasteiger partial charge in [-0.3, -0.25) is 23.9 Å². The van der Waals surface area contributed by atoms with Gasteiger partial charge in [-0.05, 0) is 6.92 Å². The summed E-state index contributed by atoms with van der Waals surface area (Å²) in [4.78, 5) is 51.3. The first kappa shape index (κ1) is 23.9. The van der Waals surface area contributed by atoms with Crippen LogP contribution in [0.1, 0.15) is 22.2 Å². The Balaban J connectivity index is 1.64. The van der Waals surface area contributed by atoms with E-state index in [0.29, 0.717) is 10.0 Å². The molecule has 2 aromatic rings. The molecule has 33 heavy (non-hydrogen) atoms. The smallest absolute Gasteiger partial charge is 0.313 e. The fourth-order valence-electron chi connectivity index (χ4n) is 3.91. The molecule has 2 saturated heterocycles. The summed E-state index contributed by atoms with van der Waals surface area (Å²) in [6.07, 6.45) is 2.44. The summed E-state index contributed by atoms with van der Waals surface area (Å²) < 4.78 is 1.23. The molecule has 0 bridgehead atoms. The van der Waals surface area contributed by atoms with Crippen LogP contribution in [0, 0.1) is 12.3 Å². The molecule has 2 amide bonds. The normalized spacial score (nSPS) is 25.2. The Morgan fingerprint density at radius 3 is 2.64 bits per heavy atom. The van der Waals surface area contributed by atoms with E-state index >= 15 is 0 Å². The standard InChI is InChI=1S/C18H19ClN6O5S3/c1-7-21-22-14(33-7)13(31)18(17(29)30)5-24-15(28)11(16(24)32-6-18)25(8(2)26)23-3-9(19)12(27)10(20)4-23/h3-4,11,13,16,31H,5-6,20H2,1-2H3,(H,29,30)/t11?,13?,16-,18?/m1/s1. The summed E-state index contributed by atoms with van der Waals surface area (Å²) in [6.45, 7) is 2.94. The van der Waals surface area contributed by atoms with E-state index in [2.05, 4.69) is 22.8 Å². The van der Waals surface area contributed by atoms with Crippen LogP contribution in [0.4, 0.5) is 5.69 Å². The summed E-state index contributed by atoms with van der Waals surface area (Å²) in [5, 5.41) is 18.9. The lowest BCUT2D eigenvalue weighted by atomic mass is 9.83. The minimum atomic E-state index is -1.39. The number of β-lactam (4-membered cyclic amide) rings is 1.